The van der Waals surface area contributed by atoms with Gasteiger partial charge in [0.05, 0.1) is 0 Å². The zero-order chi connectivity index (χ0) is 36.1. The summed E-state index contributed by atoms with van der Waals surface area (Å²) >= 11 is 0. The van der Waals surface area contributed by atoms with E-state index in [0.29, 0.717) is 5.84 Å². The Morgan fingerprint density at radius 3 is 1.28 bits per heavy atom. The molecule has 54 heavy (non-hydrogen) atoms. The van der Waals surface area contributed by atoms with Crippen LogP contribution in [0.3, 0.4) is 0 Å². The molecule has 0 spiro atoms. The molecule has 1 aliphatic rings. The smallest absolute Gasteiger partial charge is 0.160 e. The lowest BCUT2D eigenvalue weighted by Gasteiger charge is -2.26. The monoisotopic (exact) mass is 691 g/mol. The second-order valence-electron chi connectivity index (χ2n) is 13.3. The van der Waals surface area contributed by atoms with Gasteiger partial charge < -0.3 is 5.32 Å². The van der Waals surface area contributed by atoms with Crippen LogP contribution in [0.1, 0.15) is 22.9 Å². The average Bonchev–Trinajstić information content (AvgIpc) is 3.27. The quantitative estimate of drug-likeness (QED) is 0.169. The molecule has 1 N–H and O–H groups in total. The summed E-state index contributed by atoms with van der Waals surface area (Å²) in [4.78, 5) is 10.6. The molecule has 1 unspecified atom stereocenters. The Bertz CT molecular complexity index is 2580. The van der Waals surface area contributed by atoms with Gasteiger partial charge in [0.2, 0.25) is 0 Å². The summed E-state index contributed by atoms with van der Waals surface area (Å²) in [5.41, 5.74) is 14.5. The highest BCUT2D eigenvalue weighted by molar-refractivity contribution is 6.17. The zero-order valence-electron chi connectivity index (χ0n) is 29.7. The Morgan fingerprint density at radius 2 is 0.741 bits per heavy atom. The van der Waals surface area contributed by atoms with Crippen LogP contribution in [-0.2, 0) is 0 Å². The van der Waals surface area contributed by atoms with Gasteiger partial charge >= 0.3 is 0 Å². The fourth-order valence-electron chi connectivity index (χ4n) is 7.47. The summed E-state index contributed by atoms with van der Waals surface area (Å²) in [7, 11) is 0. The molecule has 3 nitrogen and oxygen atoms in total. The highest BCUT2D eigenvalue weighted by Crippen LogP contribution is 2.50. The van der Waals surface area contributed by atoms with E-state index < -0.39 is 0 Å². The number of aliphatic imine (C=N–C) groups is 2. The van der Waals surface area contributed by atoms with Gasteiger partial charge in [-0.15, -0.1) is 0 Å². The Morgan fingerprint density at radius 1 is 0.333 bits per heavy atom. The van der Waals surface area contributed by atoms with Crippen LogP contribution in [0.15, 0.2) is 222 Å². The number of rotatable bonds is 8. The molecular formula is C51H37N3. The SMILES string of the molecule is c1ccc(C2=NC(c3ccccc3-c3cc(-c4ccccc4)c(-c4ccccc4)c(-c4ccccc4)c3-c3ccccc3)=NC(c3ccccc3)N2)cc1. The Kier molecular flexibility index (Phi) is 9.02. The van der Waals surface area contributed by atoms with E-state index in [2.05, 4.69) is 193 Å². The van der Waals surface area contributed by atoms with Gasteiger partial charge in [0.1, 0.15) is 12.0 Å². The maximum absolute atomic E-state index is 5.33. The maximum Gasteiger partial charge on any atom is 0.160 e. The van der Waals surface area contributed by atoms with Crippen LogP contribution in [0.2, 0.25) is 0 Å². The highest BCUT2D eigenvalue weighted by atomic mass is 15.2. The molecule has 9 rings (SSSR count). The minimum Gasteiger partial charge on any atom is -0.344 e. The first-order valence-electron chi connectivity index (χ1n) is 18.4. The van der Waals surface area contributed by atoms with Crippen molar-refractivity contribution in [3.8, 4) is 55.6 Å². The lowest BCUT2D eigenvalue weighted by molar-refractivity contribution is 0.674. The Balaban J connectivity index is 1.38. The van der Waals surface area contributed by atoms with Gasteiger partial charge in [-0.1, -0.05) is 206 Å². The fourth-order valence-corrected chi connectivity index (χ4v) is 7.47. The number of hydrogen-bond donors (Lipinski definition) is 1. The van der Waals surface area contributed by atoms with E-state index in [1.165, 1.54) is 11.1 Å². The van der Waals surface area contributed by atoms with Crippen LogP contribution in [0.25, 0.3) is 55.6 Å². The summed E-state index contributed by atoms with van der Waals surface area (Å²) in [6, 6.07) is 74.9. The standard InChI is InChI=1S/C51H37N3/c1-7-21-36(22-8-1)44-35-45(47(38-25-11-3-12-26-38)48(39-27-13-4-14-28-39)46(44)37-23-9-2-10-24-37)42-33-19-20-34-43(42)51-53-49(40-29-15-5-16-30-40)52-50(54-51)41-31-17-6-18-32-41/h1-35,49H,(H,52,53,54). The lowest BCUT2D eigenvalue weighted by Crippen LogP contribution is -2.33. The summed E-state index contributed by atoms with van der Waals surface area (Å²) in [5, 5.41) is 3.63. The normalized spacial score (nSPS) is 13.7. The molecule has 0 saturated heterocycles. The van der Waals surface area contributed by atoms with Gasteiger partial charge in [-0.05, 0) is 67.3 Å². The van der Waals surface area contributed by atoms with Gasteiger partial charge in [-0.25, -0.2) is 9.98 Å². The first-order chi connectivity index (χ1) is 26.8. The van der Waals surface area contributed by atoms with E-state index in [4.69, 9.17) is 9.98 Å². The number of nitrogens with zero attached hydrogens (tertiary/aromatic N) is 2. The predicted octanol–water partition coefficient (Wildman–Crippen LogP) is 12.5. The van der Waals surface area contributed by atoms with Crippen molar-refractivity contribution >= 4 is 11.7 Å². The molecule has 0 aliphatic carbocycles. The summed E-state index contributed by atoms with van der Waals surface area (Å²) in [6.45, 7) is 0. The molecule has 0 fully saturated rings. The van der Waals surface area contributed by atoms with Crippen LogP contribution < -0.4 is 5.32 Å². The van der Waals surface area contributed by atoms with Crippen LogP contribution in [0.5, 0.6) is 0 Å². The topological polar surface area (TPSA) is 36.8 Å². The highest BCUT2D eigenvalue weighted by Gasteiger charge is 2.27. The van der Waals surface area contributed by atoms with Crippen molar-refractivity contribution in [1.82, 2.24) is 5.32 Å². The minimum absolute atomic E-state index is 0.309. The number of amidine groups is 2. The molecule has 0 saturated carbocycles. The first kappa shape index (κ1) is 32.8. The zero-order valence-corrected chi connectivity index (χ0v) is 29.7. The summed E-state index contributed by atoms with van der Waals surface area (Å²) in [5.74, 6) is 1.48. The average molecular weight is 692 g/mol. The Labute approximate surface area is 316 Å². The van der Waals surface area contributed by atoms with Gasteiger partial charge in [0, 0.05) is 11.1 Å². The maximum atomic E-state index is 5.33. The van der Waals surface area contributed by atoms with Crippen molar-refractivity contribution in [3.05, 3.63) is 229 Å². The molecule has 256 valence electrons. The largest absolute Gasteiger partial charge is 0.344 e. The molecule has 3 heteroatoms. The molecule has 0 bridgehead atoms. The fraction of sp³-hybridized carbons (Fsp3) is 0.0196. The summed E-state index contributed by atoms with van der Waals surface area (Å²) < 4.78 is 0. The van der Waals surface area contributed by atoms with E-state index in [0.717, 1.165) is 67.0 Å². The number of nitrogens with one attached hydrogen (secondary N) is 1. The second-order valence-corrected chi connectivity index (χ2v) is 13.3. The Hall–Kier alpha value is -7.10. The van der Waals surface area contributed by atoms with E-state index in [1.54, 1.807) is 0 Å². The third kappa shape index (κ3) is 6.44. The molecule has 8 aromatic carbocycles. The van der Waals surface area contributed by atoms with Crippen molar-refractivity contribution in [2.45, 2.75) is 6.17 Å². The van der Waals surface area contributed by atoms with Crippen molar-refractivity contribution in [1.29, 1.82) is 0 Å². The second kappa shape index (κ2) is 14.9. The van der Waals surface area contributed by atoms with Gasteiger partial charge in [0.25, 0.3) is 0 Å². The molecule has 0 aromatic heterocycles. The van der Waals surface area contributed by atoms with E-state index >= 15 is 0 Å². The van der Waals surface area contributed by atoms with E-state index in [-0.39, 0.29) is 6.17 Å². The van der Waals surface area contributed by atoms with Crippen molar-refractivity contribution in [2.75, 3.05) is 0 Å². The summed E-state index contributed by atoms with van der Waals surface area (Å²) in [6.07, 6.45) is -0.309. The predicted molar refractivity (Wildman–Crippen MR) is 225 cm³/mol. The van der Waals surface area contributed by atoms with Crippen molar-refractivity contribution in [2.24, 2.45) is 9.98 Å². The molecule has 1 aliphatic heterocycles. The lowest BCUT2D eigenvalue weighted by atomic mass is 9.78. The molecular weight excluding hydrogens is 655 g/mol. The molecule has 1 heterocycles. The van der Waals surface area contributed by atoms with Crippen molar-refractivity contribution in [3.63, 3.8) is 0 Å². The van der Waals surface area contributed by atoms with Gasteiger partial charge in [-0.2, -0.15) is 0 Å². The molecule has 0 radical (unpaired) electrons. The molecule has 1 atom stereocenters. The van der Waals surface area contributed by atoms with Crippen LogP contribution in [0.4, 0.5) is 0 Å². The van der Waals surface area contributed by atoms with E-state index in [9.17, 15) is 0 Å². The number of benzene rings is 8. The third-order valence-corrected chi connectivity index (χ3v) is 9.96. The van der Waals surface area contributed by atoms with Crippen LogP contribution >= 0.6 is 0 Å². The third-order valence-electron chi connectivity index (χ3n) is 9.96. The van der Waals surface area contributed by atoms with E-state index in [1.807, 2.05) is 24.3 Å². The van der Waals surface area contributed by atoms with Gasteiger partial charge in [-0.3, -0.25) is 0 Å². The number of hydrogen-bond acceptors (Lipinski definition) is 3. The molecule has 8 aromatic rings. The molecule has 0 amide bonds. The van der Waals surface area contributed by atoms with Crippen LogP contribution in [-0.4, -0.2) is 11.7 Å². The van der Waals surface area contributed by atoms with Gasteiger partial charge in [0.15, 0.2) is 5.84 Å². The van der Waals surface area contributed by atoms with Crippen molar-refractivity contribution < 1.29 is 0 Å². The first-order valence-corrected chi connectivity index (χ1v) is 18.4. The van der Waals surface area contributed by atoms with Crippen LogP contribution in [0, 0.1) is 0 Å². The minimum atomic E-state index is -0.309.